The van der Waals surface area contributed by atoms with E-state index in [0.717, 1.165) is 81.0 Å². The lowest BCUT2D eigenvalue weighted by molar-refractivity contribution is 0.122. The highest BCUT2D eigenvalue weighted by molar-refractivity contribution is 5.90. The molecule has 144 valence electrons. The van der Waals surface area contributed by atoms with E-state index in [9.17, 15) is 0 Å². The van der Waals surface area contributed by atoms with Crippen LogP contribution in [0.3, 0.4) is 0 Å². The molecule has 0 radical (unpaired) electrons. The lowest BCUT2D eigenvalue weighted by Crippen LogP contribution is -2.47. The number of morpholine rings is 1. The summed E-state index contributed by atoms with van der Waals surface area (Å²) in [6.45, 7) is 6.84. The third kappa shape index (κ3) is 3.33. The molecule has 7 nitrogen and oxygen atoms in total. The van der Waals surface area contributed by atoms with Gasteiger partial charge < -0.3 is 19.4 Å². The van der Waals surface area contributed by atoms with Gasteiger partial charge in [-0.3, -0.25) is 0 Å². The lowest BCUT2D eigenvalue weighted by Gasteiger charge is -2.36. The van der Waals surface area contributed by atoms with Gasteiger partial charge in [-0.2, -0.15) is 4.98 Å². The van der Waals surface area contributed by atoms with Crippen LogP contribution in [0.25, 0.3) is 10.9 Å². The fraction of sp³-hybridized carbons (Fsp3) is 0.381. The van der Waals surface area contributed by atoms with Crippen molar-refractivity contribution in [3.63, 3.8) is 0 Å². The molecule has 0 unspecified atom stereocenters. The van der Waals surface area contributed by atoms with E-state index in [2.05, 4.69) is 43.9 Å². The first-order valence-electron chi connectivity index (χ1n) is 9.89. The quantitative estimate of drug-likeness (QED) is 0.694. The predicted molar refractivity (Wildman–Crippen MR) is 111 cm³/mol. The number of aromatic nitrogens is 3. The smallest absolute Gasteiger partial charge is 0.228 e. The van der Waals surface area contributed by atoms with Gasteiger partial charge in [-0.15, -0.1) is 0 Å². The van der Waals surface area contributed by atoms with Gasteiger partial charge in [0.05, 0.1) is 18.7 Å². The minimum atomic E-state index is 0.746. The summed E-state index contributed by atoms with van der Waals surface area (Å²) in [4.78, 5) is 21.3. The number of pyridine rings is 1. The summed E-state index contributed by atoms with van der Waals surface area (Å²) < 4.78 is 5.53. The zero-order chi connectivity index (χ0) is 18.8. The molecular formula is C21H24N6O. The summed E-state index contributed by atoms with van der Waals surface area (Å²) in [6.07, 6.45) is 1.85. The maximum Gasteiger partial charge on any atom is 0.228 e. The molecule has 0 bridgehead atoms. The van der Waals surface area contributed by atoms with E-state index in [1.807, 2.05) is 24.4 Å². The minimum Gasteiger partial charge on any atom is -0.378 e. The van der Waals surface area contributed by atoms with E-state index in [1.54, 1.807) is 0 Å². The molecule has 0 spiro atoms. The van der Waals surface area contributed by atoms with Gasteiger partial charge in [0.25, 0.3) is 0 Å². The van der Waals surface area contributed by atoms with Crippen molar-refractivity contribution in [1.82, 2.24) is 15.0 Å². The molecule has 0 atom stereocenters. The average Bonchev–Trinajstić information content (AvgIpc) is 2.79. The summed E-state index contributed by atoms with van der Waals surface area (Å²) in [5, 5.41) is 1.11. The van der Waals surface area contributed by atoms with Crippen LogP contribution in [-0.2, 0) is 4.74 Å². The Balaban J connectivity index is 1.42. The monoisotopic (exact) mass is 376 g/mol. The van der Waals surface area contributed by atoms with Crippen molar-refractivity contribution in [2.24, 2.45) is 0 Å². The zero-order valence-electron chi connectivity index (χ0n) is 15.9. The second-order valence-electron chi connectivity index (χ2n) is 7.13. The van der Waals surface area contributed by atoms with E-state index < -0.39 is 0 Å². The van der Waals surface area contributed by atoms with Crippen LogP contribution in [0, 0.1) is 0 Å². The van der Waals surface area contributed by atoms with Gasteiger partial charge in [-0.1, -0.05) is 18.2 Å². The number of ether oxygens (including phenoxy) is 1. The Morgan fingerprint density at radius 3 is 2.25 bits per heavy atom. The number of piperazine rings is 1. The molecule has 2 saturated heterocycles. The molecule has 5 rings (SSSR count). The number of rotatable bonds is 3. The Morgan fingerprint density at radius 1 is 0.714 bits per heavy atom. The number of nitrogens with zero attached hydrogens (tertiary/aromatic N) is 6. The first-order chi connectivity index (χ1) is 13.9. The van der Waals surface area contributed by atoms with E-state index >= 15 is 0 Å². The van der Waals surface area contributed by atoms with Gasteiger partial charge in [0, 0.05) is 50.9 Å². The average molecular weight is 376 g/mol. The highest BCUT2D eigenvalue weighted by atomic mass is 16.5. The van der Waals surface area contributed by atoms with Crippen molar-refractivity contribution in [2.75, 3.05) is 67.2 Å². The van der Waals surface area contributed by atoms with Crippen LogP contribution in [0.15, 0.2) is 48.7 Å². The molecule has 4 heterocycles. The Labute approximate surface area is 164 Å². The molecule has 2 aliphatic rings. The van der Waals surface area contributed by atoms with Crippen LogP contribution in [0.4, 0.5) is 17.6 Å². The number of hydrogen-bond donors (Lipinski definition) is 0. The summed E-state index contributed by atoms with van der Waals surface area (Å²) in [7, 11) is 0. The third-order valence-electron chi connectivity index (χ3n) is 5.42. The lowest BCUT2D eigenvalue weighted by atomic mass is 10.2. The number of fused-ring (bicyclic) bond motifs is 1. The molecule has 0 N–H and O–H groups in total. The Hall–Kier alpha value is -2.93. The maximum absolute atomic E-state index is 5.53. The number of anilines is 3. The maximum atomic E-state index is 5.53. The van der Waals surface area contributed by atoms with Gasteiger partial charge in [-0.25, -0.2) is 9.97 Å². The first-order valence-corrected chi connectivity index (χ1v) is 9.89. The van der Waals surface area contributed by atoms with Crippen molar-refractivity contribution in [3.05, 3.63) is 48.7 Å². The predicted octanol–water partition coefficient (Wildman–Crippen LogP) is 2.19. The van der Waals surface area contributed by atoms with Gasteiger partial charge in [0.1, 0.15) is 11.6 Å². The second kappa shape index (κ2) is 7.59. The fourth-order valence-electron chi connectivity index (χ4n) is 3.88. The van der Waals surface area contributed by atoms with Crippen molar-refractivity contribution >= 4 is 28.5 Å². The summed E-state index contributed by atoms with van der Waals surface area (Å²) in [5.74, 6) is 2.88. The number of hydrogen-bond acceptors (Lipinski definition) is 7. The molecule has 3 aromatic rings. The van der Waals surface area contributed by atoms with E-state index in [0.29, 0.717) is 0 Å². The van der Waals surface area contributed by atoms with Crippen molar-refractivity contribution in [1.29, 1.82) is 0 Å². The van der Waals surface area contributed by atoms with E-state index in [4.69, 9.17) is 14.7 Å². The van der Waals surface area contributed by atoms with Gasteiger partial charge >= 0.3 is 0 Å². The van der Waals surface area contributed by atoms with E-state index in [-0.39, 0.29) is 0 Å². The van der Waals surface area contributed by atoms with Crippen LogP contribution in [-0.4, -0.2) is 67.4 Å². The van der Waals surface area contributed by atoms with Gasteiger partial charge in [0.2, 0.25) is 5.95 Å². The van der Waals surface area contributed by atoms with Crippen LogP contribution in [0.5, 0.6) is 0 Å². The molecular weight excluding hydrogens is 352 g/mol. The summed E-state index contributed by atoms with van der Waals surface area (Å²) >= 11 is 0. The molecule has 0 amide bonds. The van der Waals surface area contributed by atoms with Crippen molar-refractivity contribution < 1.29 is 4.74 Å². The number of benzene rings is 1. The largest absolute Gasteiger partial charge is 0.378 e. The van der Waals surface area contributed by atoms with Crippen molar-refractivity contribution in [3.8, 4) is 0 Å². The fourth-order valence-corrected chi connectivity index (χ4v) is 3.88. The van der Waals surface area contributed by atoms with Crippen LogP contribution in [0.2, 0.25) is 0 Å². The topological polar surface area (TPSA) is 57.6 Å². The number of para-hydroxylation sites is 1. The minimum absolute atomic E-state index is 0.746. The highest BCUT2D eigenvalue weighted by Gasteiger charge is 2.23. The molecule has 7 heteroatoms. The van der Waals surface area contributed by atoms with Crippen LogP contribution in [0.1, 0.15) is 0 Å². The molecule has 28 heavy (non-hydrogen) atoms. The molecule has 2 aromatic heterocycles. The van der Waals surface area contributed by atoms with Crippen molar-refractivity contribution in [2.45, 2.75) is 0 Å². The SMILES string of the molecule is c1ccc(N2CCN(c3nc(N4CCOCC4)c4ccccc4n3)CC2)nc1. The molecule has 0 aliphatic carbocycles. The first kappa shape index (κ1) is 17.2. The molecule has 1 aromatic carbocycles. The standard InChI is InChI=1S/C21H24N6O/c1-2-6-18-17(5-1)20(26-13-15-28-16-14-26)24-21(23-18)27-11-9-25(10-12-27)19-7-3-4-8-22-19/h1-8H,9-16H2. The van der Waals surface area contributed by atoms with Gasteiger partial charge in [0.15, 0.2) is 0 Å². The molecule has 0 saturated carbocycles. The molecule has 2 aliphatic heterocycles. The Kier molecular flexibility index (Phi) is 4.66. The Bertz CT molecular complexity index is 936. The third-order valence-corrected chi connectivity index (χ3v) is 5.42. The summed E-state index contributed by atoms with van der Waals surface area (Å²) in [6, 6.07) is 14.4. The second-order valence-corrected chi connectivity index (χ2v) is 7.13. The normalized spacial score (nSPS) is 17.9. The summed E-state index contributed by atoms with van der Waals surface area (Å²) in [5.41, 5.74) is 1.00. The highest BCUT2D eigenvalue weighted by Crippen LogP contribution is 2.28. The van der Waals surface area contributed by atoms with Gasteiger partial charge in [-0.05, 0) is 24.3 Å². The Morgan fingerprint density at radius 2 is 1.46 bits per heavy atom. The van der Waals surface area contributed by atoms with Crippen LogP contribution < -0.4 is 14.7 Å². The van der Waals surface area contributed by atoms with Crippen LogP contribution >= 0.6 is 0 Å². The zero-order valence-corrected chi connectivity index (χ0v) is 15.9. The van der Waals surface area contributed by atoms with E-state index in [1.165, 1.54) is 0 Å². The molecule has 2 fully saturated rings.